The number of hydrogen-bond acceptors (Lipinski definition) is 2. The molecule has 1 N–H and O–H groups in total. The molecule has 0 aromatic heterocycles. The maximum atomic E-state index is 12.7. The highest BCUT2D eigenvalue weighted by Gasteiger charge is 2.32. The summed E-state index contributed by atoms with van der Waals surface area (Å²) in [6, 6.07) is 10.5. The van der Waals surface area contributed by atoms with Gasteiger partial charge >= 0.3 is 6.18 Å². The first kappa shape index (κ1) is 17.4. The van der Waals surface area contributed by atoms with E-state index in [9.17, 15) is 18.3 Å². The lowest BCUT2D eigenvalue weighted by atomic mass is 9.88. The van der Waals surface area contributed by atoms with Gasteiger partial charge in [0.2, 0.25) is 0 Å². The fourth-order valence-electron chi connectivity index (χ4n) is 3.34. The zero-order valence-corrected chi connectivity index (χ0v) is 14.4. The first-order valence-corrected chi connectivity index (χ1v) is 8.04. The number of phenolic OH excluding ortho intramolecular Hbond substituents is 1. The van der Waals surface area contributed by atoms with Crippen molar-refractivity contribution in [2.75, 3.05) is 4.90 Å². The van der Waals surface area contributed by atoms with Gasteiger partial charge in [-0.05, 0) is 62.2 Å². The lowest BCUT2D eigenvalue weighted by molar-refractivity contribution is -0.137. The van der Waals surface area contributed by atoms with E-state index in [-0.39, 0.29) is 11.3 Å². The topological polar surface area (TPSA) is 23.5 Å². The van der Waals surface area contributed by atoms with Crippen LogP contribution in [0.3, 0.4) is 0 Å². The van der Waals surface area contributed by atoms with Crippen LogP contribution in [-0.2, 0) is 12.7 Å². The lowest BCUT2D eigenvalue weighted by Gasteiger charge is -2.43. The number of hydrogen-bond donors (Lipinski definition) is 1. The molecule has 0 bridgehead atoms. The highest BCUT2D eigenvalue weighted by Crippen LogP contribution is 2.41. The van der Waals surface area contributed by atoms with E-state index in [1.165, 1.54) is 12.1 Å². The molecule has 0 atom stereocenters. The van der Waals surface area contributed by atoms with Crippen LogP contribution in [0.4, 0.5) is 18.9 Å². The van der Waals surface area contributed by atoms with Gasteiger partial charge in [-0.3, -0.25) is 0 Å². The summed E-state index contributed by atoms with van der Waals surface area (Å²) in [5.74, 6) is 0.195. The summed E-state index contributed by atoms with van der Waals surface area (Å²) >= 11 is 0. The van der Waals surface area contributed by atoms with Crippen LogP contribution in [-0.4, -0.2) is 10.6 Å². The van der Waals surface area contributed by atoms with Crippen molar-refractivity contribution >= 4 is 11.3 Å². The summed E-state index contributed by atoms with van der Waals surface area (Å²) in [5.41, 5.74) is 2.83. The molecule has 1 aliphatic rings. The van der Waals surface area contributed by atoms with Crippen LogP contribution in [0.25, 0.3) is 5.57 Å². The van der Waals surface area contributed by atoms with Crippen LogP contribution < -0.4 is 4.90 Å². The largest absolute Gasteiger partial charge is 0.508 e. The van der Waals surface area contributed by atoms with E-state index in [1.54, 1.807) is 12.1 Å². The molecular weight excluding hydrogens is 327 g/mol. The molecule has 2 nitrogen and oxygen atoms in total. The molecule has 0 fully saturated rings. The normalized spacial score (nSPS) is 16.4. The second-order valence-corrected chi connectivity index (χ2v) is 6.96. The molecule has 0 aliphatic carbocycles. The number of allylic oxidation sites excluding steroid dienone is 1. The molecule has 1 heterocycles. The molecular formula is C20H20F3NO. The molecule has 0 saturated carbocycles. The molecule has 132 valence electrons. The maximum absolute atomic E-state index is 12.7. The summed E-state index contributed by atoms with van der Waals surface area (Å²) < 4.78 is 38.2. The fourth-order valence-corrected chi connectivity index (χ4v) is 3.34. The zero-order valence-electron chi connectivity index (χ0n) is 14.4. The molecule has 0 amide bonds. The minimum Gasteiger partial charge on any atom is -0.508 e. The van der Waals surface area contributed by atoms with Gasteiger partial charge in [0.25, 0.3) is 0 Å². The standard InChI is InChI=1S/C20H20F3NO/c1-13-11-19(2,3)24(18-9-8-16(25)10-17(13)18)12-14-4-6-15(7-5-14)20(21,22)23/h4-11,25H,12H2,1-3H3. The van der Waals surface area contributed by atoms with Gasteiger partial charge in [0.05, 0.1) is 11.1 Å². The summed E-state index contributed by atoms with van der Waals surface area (Å²) in [6.07, 6.45) is -2.22. The molecule has 5 heteroatoms. The molecule has 2 aromatic carbocycles. The Balaban J connectivity index is 1.96. The smallest absolute Gasteiger partial charge is 0.416 e. The van der Waals surface area contributed by atoms with Crippen LogP contribution in [0.5, 0.6) is 5.75 Å². The van der Waals surface area contributed by atoms with Crippen molar-refractivity contribution in [3.8, 4) is 5.75 Å². The molecule has 0 radical (unpaired) electrons. The second-order valence-electron chi connectivity index (χ2n) is 6.96. The number of anilines is 1. The van der Waals surface area contributed by atoms with Gasteiger partial charge in [-0.1, -0.05) is 18.2 Å². The van der Waals surface area contributed by atoms with Crippen LogP contribution in [0.2, 0.25) is 0 Å². The Morgan fingerprint density at radius 1 is 1.04 bits per heavy atom. The number of benzene rings is 2. The van der Waals surface area contributed by atoms with Crippen molar-refractivity contribution < 1.29 is 18.3 Å². The first-order valence-electron chi connectivity index (χ1n) is 8.04. The third-order valence-electron chi connectivity index (χ3n) is 4.58. The number of rotatable bonds is 2. The predicted octanol–water partition coefficient (Wildman–Crippen LogP) is 5.61. The highest BCUT2D eigenvalue weighted by molar-refractivity contribution is 5.82. The fraction of sp³-hybridized carbons (Fsp3) is 0.300. The van der Waals surface area contributed by atoms with Gasteiger partial charge in [-0.25, -0.2) is 0 Å². The van der Waals surface area contributed by atoms with Crippen molar-refractivity contribution in [2.24, 2.45) is 0 Å². The van der Waals surface area contributed by atoms with Gasteiger partial charge in [0, 0.05) is 17.8 Å². The van der Waals surface area contributed by atoms with Gasteiger partial charge < -0.3 is 10.0 Å². The van der Waals surface area contributed by atoms with E-state index in [1.807, 2.05) is 13.0 Å². The van der Waals surface area contributed by atoms with Crippen molar-refractivity contribution in [2.45, 2.75) is 39.0 Å². The molecule has 3 rings (SSSR count). The summed E-state index contributed by atoms with van der Waals surface area (Å²) in [5, 5.41) is 9.77. The van der Waals surface area contributed by atoms with Crippen LogP contribution in [0.1, 0.15) is 37.5 Å². The third-order valence-corrected chi connectivity index (χ3v) is 4.58. The minimum atomic E-state index is -4.33. The quantitative estimate of drug-likeness (QED) is 0.763. The van der Waals surface area contributed by atoms with Gasteiger partial charge in [-0.2, -0.15) is 13.2 Å². The van der Waals surface area contributed by atoms with Gasteiger partial charge in [0.1, 0.15) is 5.75 Å². The van der Waals surface area contributed by atoms with Crippen LogP contribution in [0, 0.1) is 0 Å². The number of halogens is 3. The van der Waals surface area contributed by atoms with Crippen molar-refractivity contribution in [1.29, 1.82) is 0 Å². The molecule has 0 saturated heterocycles. The number of phenols is 1. The Morgan fingerprint density at radius 3 is 2.28 bits per heavy atom. The Hall–Kier alpha value is -2.43. The van der Waals surface area contributed by atoms with E-state index in [0.717, 1.165) is 34.5 Å². The number of aromatic hydroxyl groups is 1. The Bertz CT molecular complexity index is 820. The lowest BCUT2D eigenvalue weighted by Crippen LogP contribution is -2.44. The minimum absolute atomic E-state index is 0.195. The average molecular weight is 347 g/mol. The van der Waals surface area contributed by atoms with Crippen molar-refractivity contribution in [3.63, 3.8) is 0 Å². The van der Waals surface area contributed by atoms with E-state index >= 15 is 0 Å². The maximum Gasteiger partial charge on any atom is 0.416 e. The first-order chi connectivity index (χ1) is 11.6. The van der Waals surface area contributed by atoms with Crippen molar-refractivity contribution in [3.05, 3.63) is 65.2 Å². The molecule has 25 heavy (non-hydrogen) atoms. The Kier molecular flexibility index (Phi) is 4.06. The van der Waals surface area contributed by atoms with Gasteiger partial charge in [-0.15, -0.1) is 0 Å². The third kappa shape index (κ3) is 3.36. The van der Waals surface area contributed by atoms with E-state index < -0.39 is 11.7 Å². The van der Waals surface area contributed by atoms with Crippen molar-refractivity contribution in [1.82, 2.24) is 0 Å². The Labute approximate surface area is 145 Å². The monoisotopic (exact) mass is 347 g/mol. The molecule has 0 spiro atoms. The molecule has 0 unspecified atom stereocenters. The van der Waals surface area contributed by atoms with Crippen LogP contribution in [0.15, 0.2) is 48.5 Å². The van der Waals surface area contributed by atoms with Gasteiger partial charge in [0.15, 0.2) is 0 Å². The van der Waals surface area contributed by atoms with Crippen LogP contribution >= 0.6 is 0 Å². The number of alkyl halides is 3. The number of fused-ring (bicyclic) bond motifs is 1. The SMILES string of the molecule is CC1=CC(C)(C)N(Cc2ccc(C(F)(F)F)cc2)c2ccc(O)cc21. The van der Waals surface area contributed by atoms with E-state index in [2.05, 4.69) is 24.8 Å². The zero-order chi connectivity index (χ0) is 18.4. The van der Waals surface area contributed by atoms with E-state index in [0.29, 0.717) is 6.54 Å². The molecule has 2 aromatic rings. The number of nitrogens with zero attached hydrogens (tertiary/aromatic N) is 1. The highest BCUT2D eigenvalue weighted by atomic mass is 19.4. The summed E-state index contributed by atoms with van der Waals surface area (Å²) in [7, 11) is 0. The summed E-state index contributed by atoms with van der Waals surface area (Å²) in [4.78, 5) is 2.14. The molecule has 1 aliphatic heterocycles. The van der Waals surface area contributed by atoms with E-state index in [4.69, 9.17) is 0 Å². The second kappa shape index (κ2) is 5.83. The predicted molar refractivity (Wildman–Crippen MR) is 93.5 cm³/mol. The summed E-state index contributed by atoms with van der Waals surface area (Å²) in [6.45, 7) is 6.61. The Morgan fingerprint density at radius 2 is 1.68 bits per heavy atom. The average Bonchev–Trinajstić information content (AvgIpc) is 2.51.